The molecule has 0 aliphatic carbocycles. The monoisotopic (exact) mass is 234 g/mol. The minimum atomic E-state index is 0.729. The summed E-state index contributed by atoms with van der Waals surface area (Å²) in [7, 11) is 0. The predicted octanol–water partition coefficient (Wildman–Crippen LogP) is 3.92. The molecule has 0 spiro atoms. The van der Waals surface area contributed by atoms with E-state index in [2.05, 4.69) is 37.5 Å². The molecule has 0 saturated heterocycles. The van der Waals surface area contributed by atoms with Gasteiger partial charge >= 0.3 is 0 Å². The fourth-order valence-corrected chi connectivity index (χ4v) is 1.62. The highest BCUT2D eigenvalue weighted by Gasteiger charge is 1.97. The van der Waals surface area contributed by atoms with Gasteiger partial charge in [-0.05, 0) is 36.8 Å². The molecule has 2 aromatic rings. The van der Waals surface area contributed by atoms with Crippen LogP contribution >= 0.6 is 0 Å². The summed E-state index contributed by atoms with van der Waals surface area (Å²) in [6.07, 6.45) is 1.41. The zero-order valence-corrected chi connectivity index (χ0v) is 10.3. The van der Waals surface area contributed by atoms with Crippen molar-refractivity contribution in [3.05, 3.63) is 78.1 Å². The summed E-state index contributed by atoms with van der Waals surface area (Å²) in [5.74, 6) is 6.98. The van der Waals surface area contributed by atoms with Crippen molar-refractivity contribution in [2.45, 2.75) is 6.92 Å². The van der Waals surface area contributed by atoms with Crippen LogP contribution in [0, 0.1) is 18.8 Å². The second kappa shape index (κ2) is 5.75. The summed E-state index contributed by atoms with van der Waals surface area (Å²) in [4.78, 5) is 0. The lowest BCUT2D eigenvalue weighted by Crippen LogP contribution is -1.85. The third kappa shape index (κ3) is 3.02. The quantitative estimate of drug-likeness (QED) is 0.565. The van der Waals surface area contributed by atoms with Gasteiger partial charge in [0.1, 0.15) is 5.75 Å². The van der Waals surface area contributed by atoms with Crippen molar-refractivity contribution in [2.24, 2.45) is 0 Å². The average molecular weight is 234 g/mol. The first-order valence-electron chi connectivity index (χ1n) is 5.75. The third-order valence-corrected chi connectivity index (χ3v) is 2.46. The van der Waals surface area contributed by atoms with Crippen molar-refractivity contribution in [3.63, 3.8) is 0 Å². The molecule has 0 fully saturated rings. The van der Waals surface area contributed by atoms with Gasteiger partial charge in [-0.25, -0.2) is 0 Å². The minimum absolute atomic E-state index is 0.729. The summed E-state index contributed by atoms with van der Waals surface area (Å²) in [6, 6.07) is 15.8. The first kappa shape index (κ1) is 12.0. The van der Waals surface area contributed by atoms with Gasteiger partial charge in [-0.15, -0.1) is 0 Å². The van der Waals surface area contributed by atoms with Crippen LogP contribution in [-0.4, -0.2) is 0 Å². The second-order valence-corrected chi connectivity index (χ2v) is 3.90. The lowest BCUT2D eigenvalue weighted by atomic mass is 10.1. The Balaban J connectivity index is 2.32. The topological polar surface area (TPSA) is 9.23 Å². The summed E-state index contributed by atoms with van der Waals surface area (Å²) >= 11 is 0. The molecule has 0 heterocycles. The molecule has 2 aromatic carbocycles. The van der Waals surface area contributed by atoms with Gasteiger partial charge in [-0.1, -0.05) is 42.7 Å². The molecule has 0 atom stereocenters. The number of para-hydroxylation sites is 1. The Morgan fingerprint density at radius 3 is 2.67 bits per heavy atom. The molecule has 0 aromatic heterocycles. The molecule has 0 aliphatic rings. The van der Waals surface area contributed by atoms with E-state index >= 15 is 0 Å². The summed E-state index contributed by atoms with van der Waals surface area (Å²) in [5, 5.41) is 0. The van der Waals surface area contributed by atoms with E-state index in [1.54, 1.807) is 0 Å². The first-order valence-corrected chi connectivity index (χ1v) is 5.75. The lowest BCUT2D eigenvalue weighted by Gasteiger charge is -2.01. The molecular formula is C17H14O. The van der Waals surface area contributed by atoms with Gasteiger partial charge in [0.15, 0.2) is 0 Å². The number of ether oxygens (including phenoxy) is 1. The standard InChI is InChI=1S/C17H14O/c1-3-18-17-10-5-4-9-16(17)12-11-15-8-6-7-14(2)13-15/h3-10,13H,1H2,2H3. The van der Waals surface area contributed by atoms with E-state index in [1.165, 1.54) is 11.8 Å². The molecule has 0 saturated carbocycles. The molecule has 2 rings (SSSR count). The van der Waals surface area contributed by atoms with Crippen molar-refractivity contribution in [1.82, 2.24) is 0 Å². The predicted molar refractivity (Wildman–Crippen MR) is 74.4 cm³/mol. The largest absolute Gasteiger partial charge is 0.464 e. The molecule has 1 nitrogen and oxygen atoms in total. The van der Waals surface area contributed by atoms with Crippen LogP contribution in [0.25, 0.3) is 0 Å². The molecule has 18 heavy (non-hydrogen) atoms. The Morgan fingerprint density at radius 2 is 1.89 bits per heavy atom. The van der Waals surface area contributed by atoms with E-state index in [9.17, 15) is 0 Å². The number of hydrogen-bond acceptors (Lipinski definition) is 1. The third-order valence-electron chi connectivity index (χ3n) is 2.46. The number of aryl methyl sites for hydroxylation is 1. The zero-order chi connectivity index (χ0) is 12.8. The van der Waals surface area contributed by atoms with E-state index in [1.807, 2.05) is 36.4 Å². The second-order valence-electron chi connectivity index (χ2n) is 3.90. The van der Waals surface area contributed by atoms with Crippen LogP contribution in [0.4, 0.5) is 0 Å². The number of benzene rings is 2. The molecule has 1 heteroatoms. The van der Waals surface area contributed by atoms with Crippen LogP contribution < -0.4 is 4.74 Å². The van der Waals surface area contributed by atoms with Crippen LogP contribution in [0.2, 0.25) is 0 Å². The molecule has 0 aliphatic heterocycles. The summed E-state index contributed by atoms with van der Waals surface area (Å²) < 4.78 is 5.31. The molecule has 88 valence electrons. The number of rotatable bonds is 2. The summed E-state index contributed by atoms with van der Waals surface area (Å²) in [5.41, 5.74) is 3.07. The highest BCUT2D eigenvalue weighted by molar-refractivity contribution is 5.50. The smallest absolute Gasteiger partial charge is 0.142 e. The fourth-order valence-electron chi connectivity index (χ4n) is 1.62. The van der Waals surface area contributed by atoms with Gasteiger partial charge in [-0.2, -0.15) is 0 Å². The van der Waals surface area contributed by atoms with Gasteiger partial charge < -0.3 is 4.74 Å². The minimum Gasteiger partial charge on any atom is -0.464 e. The molecule has 0 N–H and O–H groups in total. The SMILES string of the molecule is C=COc1ccccc1C#Cc1cccc(C)c1. The number of hydrogen-bond donors (Lipinski definition) is 0. The summed E-state index contributed by atoms with van der Waals surface area (Å²) in [6.45, 7) is 5.61. The Hall–Kier alpha value is -2.46. The molecule has 0 bridgehead atoms. The van der Waals surface area contributed by atoms with Crippen molar-refractivity contribution in [3.8, 4) is 17.6 Å². The molecular weight excluding hydrogens is 220 g/mol. The Labute approximate surface area is 108 Å². The Bertz CT molecular complexity index is 615. The van der Waals surface area contributed by atoms with Crippen LogP contribution in [0.15, 0.2) is 61.4 Å². The van der Waals surface area contributed by atoms with Gasteiger partial charge in [0.2, 0.25) is 0 Å². The van der Waals surface area contributed by atoms with E-state index in [4.69, 9.17) is 4.74 Å². The van der Waals surface area contributed by atoms with E-state index in [0.717, 1.165) is 16.9 Å². The maximum Gasteiger partial charge on any atom is 0.142 e. The van der Waals surface area contributed by atoms with Crippen molar-refractivity contribution in [1.29, 1.82) is 0 Å². The normalized spacial score (nSPS) is 9.17. The maximum absolute atomic E-state index is 5.31. The van der Waals surface area contributed by atoms with Crippen molar-refractivity contribution in [2.75, 3.05) is 0 Å². The van der Waals surface area contributed by atoms with Gasteiger partial charge in [0, 0.05) is 5.56 Å². The molecule has 0 unspecified atom stereocenters. The zero-order valence-electron chi connectivity index (χ0n) is 10.3. The van der Waals surface area contributed by atoms with Gasteiger partial charge in [0.25, 0.3) is 0 Å². The van der Waals surface area contributed by atoms with E-state index in [-0.39, 0.29) is 0 Å². The van der Waals surface area contributed by atoms with Crippen molar-refractivity contribution < 1.29 is 4.74 Å². The average Bonchev–Trinajstić information content (AvgIpc) is 2.38. The van der Waals surface area contributed by atoms with Crippen LogP contribution in [0.1, 0.15) is 16.7 Å². The van der Waals surface area contributed by atoms with Gasteiger partial charge in [0.05, 0.1) is 11.8 Å². The Kier molecular flexibility index (Phi) is 3.83. The maximum atomic E-state index is 5.31. The van der Waals surface area contributed by atoms with Gasteiger partial charge in [-0.3, -0.25) is 0 Å². The Morgan fingerprint density at radius 1 is 1.06 bits per heavy atom. The fraction of sp³-hybridized carbons (Fsp3) is 0.0588. The van der Waals surface area contributed by atoms with Crippen LogP contribution in [0.3, 0.4) is 0 Å². The molecule has 0 amide bonds. The van der Waals surface area contributed by atoms with Crippen LogP contribution in [0.5, 0.6) is 5.75 Å². The first-order chi connectivity index (χ1) is 8.79. The highest BCUT2D eigenvalue weighted by atomic mass is 16.5. The van der Waals surface area contributed by atoms with E-state index < -0.39 is 0 Å². The lowest BCUT2D eigenvalue weighted by molar-refractivity contribution is 0.482. The van der Waals surface area contributed by atoms with Crippen molar-refractivity contribution >= 4 is 0 Å². The van der Waals surface area contributed by atoms with Crippen LogP contribution in [-0.2, 0) is 0 Å². The van der Waals surface area contributed by atoms with E-state index in [0.29, 0.717) is 0 Å². The highest BCUT2D eigenvalue weighted by Crippen LogP contribution is 2.16. The molecule has 0 radical (unpaired) electrons.